The number of aliphatic hydroxyl groups is 1. The van der Waals surface area contributed by atoms with Gasteiger partial charge in [-0.15, -0.1) is 0 Å². The number of nitriles is 1. The molecule has 1 aromatic heterocycles. The average molecular weight is 454 g/mol. The molecule has 0 aliphatic carbocycles. The lowest BCUT2D eigenvalue weighted by Crippen LogP contribution is -2.34. The van der Waals surface area contributed by atoms with E-state index >= 15 is 0 Å². The van der Waals surface area contributed by atoms with Crippen molar-refractivity contribution < 1.29 is 13.7 Å². The van der Waals surface area contributed by atoms with Crippen molar-refractivity contribution in [3.63, 3.8) is 0 Å². The molecule has 0 bridgehead atoms. The smallest absolute Gasteiger partial charge is 0.166 e. The topological polar surface area (TPSA) is 114 Å². The maximum Gasteiger partial charge on any atom is 0.166 e. The minimum Gasteiger partial charge on any atom is -0.368 e. The number of aliphatic hydroxyl groups excluding tert-OH is 1. The summed E-state index contributed by atoms with van der Waals surface area (Å²) >= 11 is 0. The van der Waals surface area contributed by atoms with E-state index < -0.39 is 22.0 Å². The molecule has 1 aliphatic heterocycles. The molecule has 7 nitrogen and oxygen atoms in total. The van der Waals surface area contributed by atoms with Crippen LogP contribution < -0.4 is 10.0 Å². The number of hydrogen-bond acceptors (Lipinski definition) is 5. The van der Waals surface area contributed by atoms with Crippen LogP contribution in [0.15, 0.2) is 59.6 Å². The SMILES string of the molecule is Cn1cc2c(c1C(O)Nc1ccc(F)c(C#N)c1)CC[C@@H](Cc1ccccc1)NS2(=N)=O. The van der Waals surface area contributed by atoms with Gasteiger partial charge in [0, 0.05) is 25.0 Å². The van der Waals surface area contributed by atoms with Crippen LogP contribution in [0.1, 0.15) is 35.0 Å². The summed E-state index contributed by atoms with van der Waals surface area (Å²) in [5, 5.41) is 22.8. The summed E-state index contributed by atoms with van der Waals surface area (Å²) in [6.07, 6.45) is 2.26. The van der Waals surface area contributed by atoms with Crippen molar-refractivity contribution in [3.05, 3.63) is 82.9 Å². The van der Waals surface area contributed by atoms with Gasteiger partial charge in [-0.25, -0.2) is 18.1 Å². The highest BCUT2D eigenvalue weighted by Crippen LogP contribution is 2.32. The zero-order valence-electron chi connectivity index (χ0n) is 17.5. The number of aryl methyl sites for hydroxylation is 1. The normalized spacial score (nSPS) is 21.2. The number of anilines is 1. The molecule has 0 radical (unpaired) electrons. The fourth-order valence-electron chi connectivity index (χ4n) is 4.16. The van der Waals surface area contributed by atoms with Gasteiger partial charge in [0.2, 0.25) is 0 Å². The monoisotopic (exact) mass is 453 g/mol. The molecule has 4 N–H and O–H groups in total. The Morgan fingerprint density at radius 3 is 2.84 bits per heavy atom. The fourth-order valence-corrected chi connectivity index (χ4v) is 5.82. The van der Waals surface area contributed by atoms with Gasteiger partial charge < -0.3 is 15.0 Å². The van der Waals surface area contributed by atoms with Crippen LogP contribution in [0.5, 0.6) is 0 Å². The zero-order chi connectivity index (χ0) is 22.9. The second-order valence-corrected chi connectivity index (χ2v) is 9.71. The highest BCUT2D eigenvalue weighted by Gasteiger charge is 2.31. The van der Waals surface area contributed by atoms with E-state index in [-0.39, 0.29) is 11.6 Å². The van der Waals surface area contributed by atoms with Crippen molar-refractivity contribution in [3.8, 4) is 6.07 Å². The Balaban J connectivity index is 1.61. The predicted octanol–water partition coefficient (Wildman–Crippen LogP) is 3.61. The Morgan fingerprint density at radius 2 is 2.12 bits per heavy atom. The number of nitrogens with one attached hydrogen (secondary N) is 3. The Labute approximate surface area is 186 Å². The number of nitrogens with zero attached hydrogens (tertiary/aromatic N) is 2. The van der Waals surface area contributed by atoms with Crippen molar-refractivity contribution in [2.75, 3.05) is 5.32 Å². The Bertz CT molecular complexity index is 1280. The standard InChI is InChI=1S/C23H24FN5O2S/c1-29-14-21-19(22(29)23(30)27-17-8-10-20(24)16(12-17)13-25)9-7-18(28-32(21,26)31)11-15-5-3-2-4-6-15/h2-6,8,10,12,14,18,23,27,30H,7,9,11H2,1H3,(H2,26,28,31)/t18-,23?,32?/m0/s1. The van der Waals surface area contributed by atoms with Gasteiger partial charge in [-0.05, 0) is 48.6 Å². The number of fused-ring (bicyclic) bond motifs is 1. The van der Waals surface area contributed by atoms with Crippen LogP contribution in [0.25, 0.3) is 0 Å². The van der Waals surface area contributed by atoms with Crippen molar-refractivity contribution in [1.29, 1.82) is 10.0 Å². The maximum atomic E-state index is 13.6. The molecule has 32 heavy (non-hydrogen) atoms. The van der Waals surface area contributed by atoms with Crippen LogP contribution in [0, 0.1) is 21.9 Å². The third-order valence-electron chi connectivity index (χ3n) is 5.66. The molecule has 0 amide bonds. The summed E-state index contributed by atoms with van der Waals surface area (Å²) in [5.74, 6) is -0.634. The van der Waals surface area contributed by atoms with E-state index in [2.05, 4.69) is 10.0 Å². The van der Waals surface area contributed by atoms with E-state index in [1.165, 1.54) is 12.1 Å². The highest BCUT2D eigenvalue weighted by molar-refractivity contribution is 7.90. The molecule has 2 heterocycles. The summed E-state index contributed by atoms with van der Waals surface area (Å²) in [5.41, 5.74) is 2.50. The molecule has 0 fully saturated rings. The molecule has 3 aromatic rings. The first-order valence-electron chi connectivity index (χ1n) is 10.2. The van der Waals surface area contributed by atoms with E-state index in [9.17, 15) is 13.7 Å². The number of hydrogen-bond donors (Lipinski definition) is 4. The number of benzene rings is 2. The van der Waals surface area contributed by atoms with Crippen LogP contribution in [0.4, 0.5) is 10.1 Å². The minimum absolute atomic E-state index is 0.130. The first-order chi connectivity index (χ1) is 15.3. The first kappa shape index (κ1) is 22.0. The lowest BCUT2D eigenvalue weighted by Gasteiger charge is -2.19. The average Bonchev–Trinajstić information content (AvgIpc) is 3.05. The van der Waals surface area contributed by atoms with Crippen molar-refractivity contribution in [2.45, 2.75) is 36.4 Å². The number of rotatable bonds is 5. The molecule has 3 atom stereocenters. The maximum absolute atomic E-state index is 13.6. The van der Waals surface area contributed by atoms with Crippen LogP contribution in [0.2, 0.25) is 0 Å². The van der Waals surface area contributed by atoms with Crippen LogP contribution in [-0.4, -0.2) is 19.9 Å². The molecule has 1 aliphatic rings. The van der Waals surface area contributed by atoms with Gasteiger partial charge in [0.05, 0.1) is 16.2 Å². The van der Waals surface area contributed by atoms with E-state index in [1.54, 1.807) is 23.9 Å². The lowest BCUT2D eigenvalue weighted by atomic mass is 9.99. The van der Waals surface area contributed by atoms with Crippen LogP contribution >= 0.6 is 0 Å². The predicted molar refractivity (Wildman–Crippen MR) is 120 cm³/mol. The quantitative estimate of drug-likeness (QED) is 0.442. The lowest BCUT2D eigenvalue weighted by molar-refractivity contribution is 0.198. The van der Waals surface area contributed by atoms with Gasteiger partial charge >= 0.3 is 0 Å². The summed E-state index contributed by atoms with van der Waals surface area (Å²) < 4.78 is 40.1. The Hall–Kier alpha value is -3.19. The second kappa shape index (κ2) is 8.74. The minimum atomic E-state index is -3.27. The largest absolute Gasteiger partial charge is 0.368 e. The summed E-state index contributed by atoms with van der Waals surface area (Å²) in [4.78, 5) is 0.364. The van der Waals surface area contributed by atoms with Crippen LogP contribution in [0.3, 0.4) is 0 Å². The van der Waals surface area contributed by atoms with E-state index in [0.717, 1.165) is 11.6 Å². The van der Waals surface area contributed by atoms with E-state index in [1.807, 2.05) is 30.3 Å². The molecule has 2 aromatic carbocycles. The summed E-state index contributed by atoms with van der Waals surface area (Å²) in [6, 6.07) is 15.4. The van der Waals surface area contributed by atoms with Crippen LogP contribution in [-0.2, 0) is 29.8 Å². The molecule has 0 saturated carbocycles. The summed E-state index contributed by atoms with van der Waals surface area (Å²) in [6.45, 7) is 0. The molecule has 0 saturated heterocycles. The molecule has 166 valence electrons. The Morgan fingerprint density at radius 1 is 1.38 bits per heavy atom. The molecular formula is C23H24FN5O2S. The zero-order valence-corrected chi connectivity index (χ0v) is 18.3. The van der Waals surface area contributed by atoms with Crippen molar-refractivity contribution in [2.24, 2.45) is 7.05 Å². The highest BCUT2D eigenvalue weighted by atomic mass is 32.2. The van der Waals surface area contributed by atoms with Crippen molar-refractivity contribution >= 4 is 15.6 Å². The van der Waals surface area contributed by atoms with E-state index in [0.29, 0.717) is 41.1 Å². The van der Waals surface area contributed by atoms with Gasteiger partial charge in [-0.2, -0.15) is 5.26 Å². The van der Waals surface area contributed by atoms with Gasteiger partial charge in [-0.3, -0.25) is 0 Å². The molecular weight excluding hydrogens is 429 g/mol. The number of halogens is 1. The first-order valence-corrected chi connectivity index (χ1v) is 11.8. The molecule has 2 unspecified atom stereocenters. The van der Waals surface area contributed by atoms with Gasteiger partial charge in [0.25, 0.3) is 0 Å². The molecule has 4 rings (SSSR count). The van der Waals surface area contributed by atoms with Gasteiger partial charge in [-0.1, -0.05) is 30.3 Å². The molecule has 9 heteroatoms. The van der Waals surface area contributed by atoms with E-state index in [4.69, 9.17) is 10.0 Å². The fraction of sp³-hybridized carbons (Fsp3) is 0.261. The third-order valence-corrected chi connectivity index (χ3v) is 7.29. The number of aromatic nitrogens is 1. The van der Waals surface area contributed by atoms with Crippen molar-refractivity contribution in [1.82, 2.24) is 9.29 Å². The molecule has 0 spiro atoms. The Kier molecular flexibility index (Phi) is 6.02. The summed E-state index contributed by atoms with van der Waals surface area (Å²) in [7, 11) is -1.56. The van der Waals surface area contributed by atoms with Gasteiger partial charge in [0.1, 0.15) is 21.8 Å². The second-order valence-electron chi connectivity index (χ2n) is 7.92. The third kappa shape index (κ3) is 4.39. The van der Waals surface area contributed by atoms with Gasteiger partial charge in [0.15, 0.2) is 6.23 Å².